The predicted octanol–water partition coefficient (Wildman–Crippen LogP) is 8.24. The van der Waals surface area contributed by atoms with Crippen LogP contribution in [0.4, 0.5) is 0 Å². The van der Waals surface area contributed by atoms with Gasteiger partial charge in [-0.15, -0.1) is 5.10 Å². The van der Waals surface area contributed by atoms with E-state index in [0.717, 1.165) is 28.5 Å². The van der Waals surface area contributed by atoms with Crippen molar-refractivity contribution in [3.05, 3.63) is 93.2 Å². The van der Waals surface area contributed by atoms with Crippen LogP contribution in [0.5, 0.6) is 5.75 Å². The lowest BCUT2D eigenvalue weighted by molar-refractivity contribution is 0.0600. The average molecular weight is 587 g/mol. The smallest absolute Gasteiger partial charge is 0.337 e. The molecule has 0 aliphatic carbocycles. The van der Waals surface area contributed by atoms with Gasteiger partial charge in [0.2, 0.25) is 0 Å². The maximum atomic E-state index is 11.9. The summed E-state index contributed by atoms with van der Waals surface area (Å²) in [6.45, 7) is 8.71. The Hall–Kier alpha value is -3.00. The van der Waals surface area contributed by atoms with Crippen molar-refractivity contribution in [2.24, 2.45) is 0 Å². The van der Waals surface area contributed by atoms with Crippen molar-refractivity contribution in [1.82, 2.24) is 15.0 Å². The second-order valence-electron chi connectivity index (χ2n) is 9.67. The van der Waals surface area contributed by atoms with Gasteiger partial charge in [0.05, 0.1) is 28.4 Å². The van der Waals surface area contributed by atoms with Gasteiger partial charge < -0.3 is 9.47 Å². The highest BCUT2D eigenvalue weighted by Gasteiger charge is 2.25. The predicted molar refractivity (Wildman–Crippen MR) is 159 cm³/mol. The van der Waals surface area contributed by atoms with E-state index in [1.54, 1.807) is 22.9 Å². The minimum Gasteiger partial charge on any atom is -0.487 e. The fourth-order valence-corrected chi connectivity index (χ4v) is 7.93. The molecule has 0 bridgehead atoms. The summed E-state index contributed by atoms with van der Waals surface area (Å²) in [6.07, 6.45) is 2.30. The molecule has 0 spiro atoms. The lowest BCUT2D eigenvalue weighted by Gasteiger charge is -2.37. The molecule has 0 saturated heterocycles. The summed E-state index contributed by atoms with van der Waals surface area (Å²) in [6, 6.07) is 19.4. The lowest BCUT2D eigenvalue weighted by Crippen LogP contribution is -2.10. The zero-order chi connectivity index (χ0) is 28.3. The molecule has 0 fully saturated rings. The Kier molecular flexibility index (Phi) is 8.94. The monoisotopic (exact) mass is 585 g/mol. The molecule has 3 aromatic carbocycles. The fraction of sp³-hybridized carbons (Fsp3) is 0.300. The third kappa shape index (κ3) is 5.81. The molecule has 0 aliphatic rings. The fourth-order valence-electron chi connectivity index (χ4n) is 4.60. The number of hydrogen-bond donors (Lipinski definition) is 0. The first-order valence-electron chi connectivity index (χ1n) is 12.7. The molecule has 4 rings (SSSR count). The van der Waals surface area contributed by atoms with Gasteiger partial charge in [-0.05, 0) is 94.8 Å². The second kappa shape index (κ2) is 12.0. The summed E-state index contributed by atoms with van der Waals surface area (Å²) in [5, 5.41) is 9.76. The first-order valence-corrected chi connectivity index (χ1v) is 15.6. The van der Waals surface area contributed by atoms with Crippen molar-refractivity contribution < 1.29 is 14.3 Å². The quantitative estimate of drug-likeness (QED) is 0.185. The molecule has 0 amide bonds. The minimum atomic E-state index is -1.32. The van der Waals surface area contributed by atoms with Crippen LogP contribution in [0, 0.1) is 6.92 Å². The molecule has 9 heteroatoms. The zero-order valence-corrected chi connectivity index (χ0v) is 25.3. The van der Waals surface area contributed by atoms with Crippen LogP contribution in [0.25, 0.3) is 5.69 Å². The number of aryl methyl sites for hydroxylation is 1. The van der Waals surface area contributed by atoms with Gasteiger partial charge in [-0.25, -0.2) is 9.48 Å². The second-order valence-corrected chi connectivity index (χ2v) is 14.1. The standard InChI is InChI=1S/C30H33Cl2N3O3S/c1-7-39(6,23-14-11-21(12-15-23)30(36)37-5)27-16-13-22(17-20(27)4)38-18-26-28(19(2)3)33-34-35(26)29-24(31)9-8-10-25(29)32/h8-17,19H,7,18H2,1-6H3. The van der Waals surface area contributed by atoms with Crippen molar-refractivity contribution in [2.45, 2.75) is 50.0 Å². The number of carbonyl (C=O) groups is 1. The van der Waals surface area contributed by atoms with Gasteiger partial charge >= 0.3 is 5.97 Å². The number of benzene rings is 3. The Morgan fingerprint density at radius 2 is 1.72 bits per heavy atom. The average Bonchev–Trinajstić information content (AvgIpc) is 3.35. The topological polar surface area (TPSA) is 66.2 Å². The van der Waals surface area contributed by atoms with Crippen molar-refractivity contribution >= 4 is 39.2 Å². The van der Waals surface area contributed by atoms with Crippen LogP contribution in [0.3, 0.4) is 0 Å². The van der Waals surface area contributed by atoms with Crippen molar-refractivity contribution in [3.63, 3.8) is 0 Å². The first kappa shape index (κ1) is 29.0. The third-order valence-corrected chi connectivity index (χ3v) is 11.4. The van der Waals surface area contributed by atoms with E-state index in [1.807, 2.05) is 30.3 Å². The van der Waals surface area contributed by atoms with E-state index < -0.39 is 10.0 Å². The number of para-hydroxylation sites is 1. The summed E-state index contributed by atoms with van der Waals surface area (Å²) in [5.41, 5.74) is 3.92. The molecule has 1 unspecified atom stereocenters. The van der Waals surface area contributed by atoms with Gasteiger partial charge in [0.25, 0.3) is 0 Å². The third-order valence-electron chi connectivity index (χ3n) is 6.87. The number of methoxy groups -OCH3 is 1. The van der Waals surface area contributed by atoms with E-state index >= 15 is 0 Å². The number of hydrogen-bond acceptors (Lipinski definition) is 5. The SMILES string of the molecule is CCS(C)(c1ccc(C(=O)OC)cc1)c1ccc(OCc2c(C(C)C)nnn2-c2c(Cl)cccc2Cl)cc1C. The molecular formula is C30H33Cl2N3O3S. The number of rotatable bonds is 9. The molecule has 0 N–H and O–H groups in total. The number of nitrogens with zero attached hydrogens (tertiary/aromatic N) is 3. The summed E-state index contributed by atoms with van der Waals surface area (Å²) in [7, 11) is 0.0729. The first-order chi connectivity index (χ1) is 18.6. The molecule has 206 valence electrons. The van der Waals surface area contributed by atoms with E-state index in [-0.39, 0.29) is 18.5 Å². The molecule has 1 heterocycles. The molecular weight excluding hydrogens is 553 g/mol. The van der Waals surface area contributed by atoms with Crippen LogP contribution in [0.2, 0.25) is 10.0 Å². The van der Waals surface area contributed by atoms with Crippen LogP contribution in [0.15, 0.2) is 70.5 Å². The summed E-state index contributed by atoms with van der Waals surface area (Å²) < 4.78 is 12.8. The highest BCUT2D eigenvalue weighted by molar-refractivity contribution is 8.33. The van der Waals surface area contributed by atoms with Gasteiger partial charge in [0.15, 0.2) is 0 Å². The van der Waals surface area contributed by atoms with Crippen molar-refractivity contribution in [1.29, 1.82) is 0 Å². The van der Waals surface area contributed by atoms with Crippen molar-refractivity contribution in [3.8, 4) is 11.4 Å². The van der Waals surface area contributed by atoms with E-state index in [9.17, 15) is 4.79 Å². The molecule has 0 aliphatic heterocycles. The van der Waals surface area contributed by atoms with E-state index in [4.69, 9.17) is 32.7 Å². The van der Waals surface area contributed by atoms with Crippen LogP contribution in [-0.2, 0) is 11.3 Å². The van der Waals surface area contributed by atoms with Crippen LogP contribution < -0.4 is 4.74 Å². The molecule has 0 saturated carbocycles. The molecule has 39 heavy (non-hydrogen) atoms. The number of esters is 1. The lowest BCUT2D eigenvalue weighted by atomic mass is 10.1. The number of ether oxygens (including phenoxy) is 2. The van der Waals surface area contributed by atoms with Gasteiger partial charge in [0.1, 0.15) is 23.7 Å². The summed E-state index contributed by atoms with van der Waals surface area (Å²) >= 11 is 13.0. The Morgan fingerprint density at radius 1 is 1.05 bits per heavy atom. The van der Waals surface area contributed by atoms with Gasteiger partial charge in [-0.3, -0.25) is 0 Å². The van der Waals surface area contributed by atoms with Crippen LogP contribution in [0.1, 0.15) is 54.0 Å². The molecule has 4 aromatic rings. The maximum Gasteiger partial charge on any atom is 0.337 e. The van der Waals surface area contributed by atoms with Crippen LogP contribution >= 0.6 is 33.2 Å². The van der Waals surface area contributed by atoms with Gasteiger partial charge in [-0.2, -0.15) is 10.0 Å². The summed E-state index contributed by atoms with van der Waals surface area (Å²) in [5.74, 6) is 1.53. The molecule has 1 atom stereocenters. The molecule has 1 aromatic heterocycles. The Bertz CT molecular complexity index is 1470. The zero-order valence-electron chi connectivity index (χ0n) is 23.0. The van der Waals surface area contributed by atoms with E-state index in [1.165, 1.54) is 16.9 Å². The molecule has 6 nitrogen and oxygen atoms in total. The maximum absolute atomic E-state index is 11.9. The Labute approximate surface area is 241 Å². The van der Waals surface area contributed by atoms with E-state index in [2.05, 4.69) is 56.4 Å². The largest absolute Gasteiger partial charge is 0.487 e. The Morgan fingerprint density at radius 3 is 2.28 bits per heavy atom. The van der Waals surface area contributed by atoms with Gasteiger partial charge in [0, 0.05) is 0 Å². The minimum absolute atomic E-state index is 0.141. The van der Waals surface area contributed by atoms with Gasteiger partial charge in [-0.1, -0.05) is 55.3 Å². The molecule has 0 radical (unpaired) electrons. The number of aromatic nitrogens is 3. The summed E-state index contributed by atoms with van der Waals surface area (Å²) in [4.78, 5) is 14.4. The van der Waals surface area contributed by atoms with Crippen molar-refractivity contribution in [2.75, 3.05) is 19.1 Å². The normalized spacial score (nSPS) is 13.7. The number of halogens is 2. The number of carbonyl (C=O) groups excluding carboxylic acids is 1. The van der Waals surface area contributed by atoms with E-state index in [0.29, 0.717) is 21.3 Å². The highest BCUT2D eigenvalue weighted by atomic mass is 35.5. The van der Waals surface area contributed by atoms with Crippen LogP contribution in [-0.4, -0.2) is 40.1 Å². The highest BCUT2D eigenvalue weighted by Crippen LogP contribution is 2.60. The Balaban J connectivity index is 1.62.